The smallest absolute Gasteiger partial charge is 0.0546 e. The van der Waals surface area contributed by atoms with Crippen molar-refractivity contribution in [1.29, 1.82) is 0 Å². The highest BCUT2D eigenvalue weighted by Crippen LogP contribution is 2.66. The van der Waals surface area contributed by atoms with Crippen molar-refractivity contribution in [3.05, 3.63) is 24.3 Å². The van der Waals surface area contributed by atoms with E-state index < -0.39 is 0 Å². The van der Waals surface area contributed by atoms with Crippen LogP contribution in [0.2, 0.25) is 0 Å². The summed E-state index contributed by atoms with van der Waals surface area (Å²) >= 11 is 0. The molecule has 0 aliphatic heterocycles. The molecule has 0 amide bonds. The largest absolute Gasteiger partial charge is 0.393 e. The van der Waals surface area contributed by atoms with E-state index in [4.69, 9.17) is 0 Å². The average molecular weight is 399 g/mol. The van der Waals surface area contributed by atoms with Gasteiger partial charge in [-0.15, -0.1) is 0 Å². The van der Waals surface area contributed by atoms with Crippen LogP contribution in [0.25, 0.3) is 0 Å². The summed E-state index contributed by atoms with van der Waals surface area (Å²) in [5.41, 5.74) is 0.935. The molecule has 4 aliphatic rings. The highest BCUT2D eigenvalue weighted by molar-refractivity contribution is 5.18. The number of allylic oxidation sites excluding steroid dienone is 4. The van der Waals surface area contributed by atoms with Gasteiger partial charge in [0.15, 0.2) is 0 Å². The van der Waals surface area contributed by atoms with Crippen molar-refractivity contribution in [3.63, 3.8) is 0 Å². The summed E-state index contributed by atoms with van der Waals surface area (Å²) in [6, 6.07) is 0. The van der Waals surface area contributed by atoms with E-state index in [1.54, 1.807) is 0 Å². The van der Waals surface area contributed by atoms with Gasteiger partial charge in [-0.1, -0.05) is 65.8 Å². The Morgan fingerprint density at radius 3 is 2.28 bits per heavy atom. The Kier molecular flexibility index (Phi) is 5.86. The minimum absolute atomic E-state index is 0.0696. The van der Waals surface area contributed by atoms with Gasteiger partial charge in [0.05, 0.1) is 6.10 Å². The lowest BCUT2D eigenvalue weighted by atomic mass is 9.46. The molecule has 164 valence electrons. The molecule has 10 atom stereocenters. The minimum Gasteiger partial charge on any atom is -0.393 e. The van der Waals surface area contributed by atoms with E-state index in [2.05, 4.69) is 65.8 Å². The van der Waals surface area contributed by atoms with Gasteiger partial charge in [0.2, 0.25) is 0 Å². The predicted molar refractivity (Wildman–Crippen MR) is 123 cm³/mol. The van der Waals surface area contributed by atoms with Gasteiger partial charge in [-0.25, -0.2) is 0 Å². The van der Waals surface area contributed by atoms with E-state index in [9.17, 15) is 5.11 Å². The van der Waals surface area contributed by atoms with Gasteiger partial charge in [-0.3, -0.25) is 0 Å². The second-order valence-corrected chi connectivity index (χ2v) is 12.3. The fourth-order valence-electron chi connectivity index (χ4n) is 8.21. The van der Waals surface area contributed by atoms with E-state index in [0.717, 1.165) is 42.4 Å². The van der Waals surface area contributed by atoms with Crippen LogP contribution in [-0.4, -0.2) is 11.2 Å². The third-order valence-corrected chi connectivity index (χ3v) is 10.6. The molecule has 0 radical (unpaired) electrons. The van der Waals surface area contributed by atoms with Crippen molar-refractivity contribution in [1.82, 2.24) is 0 Å². The molecule has 1 heteroatoms. The van der Waals surface area contributed by atoms with Crippen LogP contribution in [0.4, 0.5) is 0 Å². The Morgan fingerprint density at radius 1 is 0.862 bits per heavy atom. The average Bonchev–Trinajstić information content (AvgIpc) is 3.03. The SMILES string of the molecule is CC(C)[C@H](C)/C=C\[C@H](C)[C@H]1CC[C@@H]2[C@H]3C=C[C@H]4C[C@@H](O)CC[C@@]4(C)[C@@H]3CC[C@]21C. The van der Waals surface area contributed by atoms with Gasteiger partial charge in [-0.2, -0.15) is 0 Å². The Morgan fingerprint density at radius 2 is 1.55 bits per heavy atom. The molecule has 0 aromatic carbocycles. The second-order valence-electron chi connectivity index (χ2n) is 12.3. The molecule has 4 aliphatic carbocycles. The van der Waals surface area contributed by atoms with Crippen molar-refractivity contribution in [2.75, 3.05) is 0 Å². The lowest BCUT2D eigenvalue weighted by molar-refractivity contribution is -0.0795. The van der Waals surface area contributed by atoms with E-state index in [1.807, 2.05) is 0 Å². The number of hydrogen-bond acceptors (Lipinski definition) is 1. The van der Waals surface area contributed by atoms with Crippen LogP contribution in [0.15, 0.2) is 24.3 Å². The molecule has 3 fully saturated rings. The highest BCUT2D eigenvalue weighted by atomic mass is 16.3. The summed E-state index contributed by atoms with van der Waals surface area (Å²) < 4.78 is 0. The fourth-order valence-corrected chi connectivity index (χ4v) is 8.21. The Labute approximate surface area is 180 Å². The van der Waals surface area contributed by atoms with Gasteiger partial charge in [-0.05, 0) is 103 Å². The van der Waals surface area contributed by atoms with Crippen molar-refractivity contribution >= 4 is 0 Å². The molecule has 1 N–H and O–H groups in total. The Balaban J connectivity index is 1.53. The van der Waals surface area contributed by atoms with Crippen molar-refractivity contribution < 1.29 is 5.11 Å². The second kappa shape index (κ2) is 7.85. The molecule has 0 saturated heterocycles. The zero-order valence-electron chi connectivity index (χ0n) is 19.9. The van der Waals surface area contributed by atoms with E-state index in [0.29, 0.717) is 28.6 Å². The van der Waals surface area contributed by atoms with E-state index in [1.165, 1.54) is 32.1 Å². The molecule has 0 bridgehead atoms. The predicted octanol–water partition coefficient (Wildman–Crippen LogP) is 7.27. The highest BCUT2D eigenvalue weighted by Gasteiger charge is 2.59. The zero-order chi connectivity index (χ0) is 21.0. The quantitative estimate of drug-likeness (QED) is 0.494. The molecule has 0 aromatic rings. The first-order valence-electron chi connectivity index (χ1n) is 12.7. The van der Waals surface area contributed by atoms with E-state index in [-0.39, 0.29) is 6.10 Å². The summed E-state index contributed by atoms with van der Waals surface area (Å²) in [5.74, 6) is 6.04. The van der Waals surface area contributed by atoms with Gasteiger partial charge < -0.3 is 5.11 Å². The van der Waals surface area contributed by atoms with E-state index >= 15 is 0 Å². The van der Waals surface area contributed by atoms with Crippen molar-refractivity contribution in [3.8, 4) is 0 Å². The van der Waals surface area contributed by atoms with Gasteiger partial charge in [0.25, 0.3) is 0 Å². The summed E-state index contributed by atoms with van der Waals surface area (Å²) in [6.45, 7) is 14.7. The van der Waals surface area contributed by atoms with Crippen LogP contribution in [0.3, 0.4) is 0 Å². The van der Waals surface area contributed by atoms with Crippen LogP contribution in [0.5, 0.6) is 0 Å². The van der Waals surface area contributed by atoms with Gasteiger partial charge >= 0.3 is 0 Å². The molecular weight excluding hydrogens is 352 g/mol. The molecule has 0 heterocycles. The maximum Gasteiger partial charge on any atom is 0.0546 e. The van der Waals surface area contributed by atoms with Crippen LogP contribution in [0, 0.1) is 58.2 Å². The number of aliphatic hydroxyl groups excluding tert-OH is 1. The topological polar surface area (TPSA) is 20.2 Å². The first-order chi connectivity index (χ1) is 13.7. The van der Waals surface area contributed by atoms with Crippen LogP contribution in [-0.2, 0) is 0 Å². The zero-order valence-corrected chi connectivity index (χ0v) is 19.9. The monoisotopic (exact) mass is 398 g/mol. The normalized spacial score (nSPS) is 49.0. The van der Waals surface area contributed by atoms with Crippen molar-refractivity contribution in [2.24, 2.45) is 58.2 Å². The van der Waals surface area contributed by atoms with Gasteiger partial charge in [0, 0.05) is 0 Å². The van der Waals surface area contributed by atoms with Crippen LogP contribution in [0.1, 0.15) is 86.5 Å². The molecule has 3 saturated carbocycles. The number of rotatable bonds is 4. The summed E-state index contributed by atoms with van der Waals surface area (Å²) in [5, 5.41) is 10.2. The summed E-state index contributed by atoms with van der Waals surface area (Å²) in [6.07, 6.45) is 19.1. The summed E-state index contributed by atoms with van der Waals surface area (Å²) in [4.78, 5) is 0. The van der Waals surface area contributed by atoms with Crippen LogP contribution >= 0.6 is 0 Å². The first-order valence-corrected chi connectivity index (χ1v) is 12.7. The maximum atomic E-state index is 10.2. The maximum absolute atomic E-state index is 10.2. The number of fused-ring (bicyclic) bond motifs is 5. The van der Waals surface area contributed by atoms with Crippen LogP contribution < -0.4 is 0 Å². The molecule has 0 aromatic heterocycles. The number of hydrogen-bond donors (Lipinski definition) is 1. The van der Waals surface area contributed by atoms with Gasteiger partial charge in [0.1, 0.15) is 0 Å². The Bertz CT molecular complexity index is 647. The molecular formula is C28H46O. The van der Waals surface area contributed by atoms with Crippen molar-refractivity contribution in [2.45, 2.75) is 92.6 Å². The third kappa shape index (κ3) is 3.58. The third-order valence-electron chi connectivity index (χ3n) is 10.6. The molecule has 0 spiro atoms. The lowest BCUT2D eigenvalue weighted by Crippen LogP contribution is -2.52. The molecule has 0 unspecified atom stereocenters. The minimum atomic E-state index is -0.0696. The Hall–Kier alpha value is -0.560. The molecule has 29 heavy (non-hydrogen) atoms. The molecule has 1 nitrogen and oxygen atoms in total. The summed E-state index contributed by atoms with van der Waals surface area (Å²) in [7, 11) is 0. The lowest BCUT2D eigenvalue weighted by Gasteiger charge is -2.59. The molecule has 4 rings (SSSR count). The fraction of sp³-hybridized carbons (Fsp3) is 0.857. The first kappa shape index (κ1) is 21.7. The standard InChI is InChI=1S/C28H46O/c1-18(2)19(3)7-8-20(4)24-11-12-25-23-10-9-21-17-22(29)13-15-27(21,5)26(23)14-16-28(24,25)6/h7-10,18-26,29H,11-17H2,1-6H3/b8-7-/t19-,20+,21+,22+,23-,24-,25-,26-,27-,28+/m1/s1. The number of aliphatic hydroxyl groups is 1.